The van der Waals surface area contributed by atoms with Gasteiger partial charge >= 0.3 is 5.97 Å². The maximum atomic E-state index is 12.0. The summed E-state index contributed by atoms with van der Waals surface area (Å²) in [6.45, 7) is 0.221. The Morgan fingerprint density at radius 1 is 1.33 bits per heavy atom. The van der Waals surface area contributed by atoms with E-state index >= 15 is 0 Å². The van der Waals surface area contributed by atoms with Crippen LogP contribution in [0.3, 0.4) is 0 Å². The molecule has 1 aromatic rings. The van der Waals surface area contributed by atoms with E-state index in [9.17, 15) is 9.59 Å². The highest BCUT2D eigenvalue weighted by Crippen LogP contribution is 2.22. The Kier molecular flexibility index (Phi) is 5.32. The number of carbonyl (C=O) groups is 2. The summed E-state index contributed by atoms with van der Waals surface area (Å²) in [5, 5.41) is 9.04. The van der Waals surface area contributed by atoms with Crippen molar-refractivity contribution in [1.29, 1.82) is 0 Å². The van der Waals surface area contributed by atoms with E-state index in [1.165, 1.54) is 16.7 Å². The fourth-order valence-corrected chi connectivity index (χ4v) is 3.14. The molecule has 1 amide bonds. The van der Waals surface area contributed by atoms with Gasteiger partial charge in [0.15, 0.2) is 0 Å². The van der Waals surface area contributed by atoms with E-state index in [0.717, 1.165) is 5.75 Å². The van der Waals surface area contributed by atoms with Gasteiger partial charge in [-0.15, -0.1) is 11.8 Å². The topological polar surface area (TPSA) is 76.1 Å². The van der Waals surface area contributed by atoms with Gasteiger partial charge in [-0.25, -0.2) is 4.79 Å². The molecule has 21 heavy (non-hydrogen) atoms. The summed E-state index contributed by atoms with van der Waals surface area (Å²) in [4.78, 5) is 24.4. The van der Waals surface area contributed by atoms with Crippen LogP contribution in [-0.2, 0) is 9.59 Å². The lowest BCUT2D eigenvalue weighted by atomic mass is 10.2. The molecular formula is C14H17NO5S. The zero-order chi connectivity index (χ0) is 15.2. The molecule has 0 aromatic heterocycles. The average molecular weight is 311 g/mol. The molecule has 2 rings (SSSR count). The van der Waals surface area contributed by atoms with Crippen molar-refractivity contribution in [2.24, 2.45) is 0 Å². The number of amides is 1. The minimum absolute atomic E-state index is 0.163. The smallest absolute Gasteiger partial charge is 0.327 e. The number of carbonyl (C=O) groups excluding carboxylic acids is 1. The third-order valence-electron chi connectivity index (χ3n) is 3.13. The van der Waals surface area contributed by atoms with Crippen LogP contribution in [0.1, 0.15) is 6.42 Å². The molecule has 114 valence electrons. The van der Waals surface area contributed by atoms with Crippen LogP contribution in [0, 0.1) is 0 Å². The molecule has 1 unspecified atom stereocenters. The van der Waals surface area contributed by atoms with Crippen molar-refractivity contribution in [1.82, 2.24) is 4.90 Å². The highest BCUT2D eigenvalue weighted by Gasteiger charge is 2.34. The molecule has 1 aliphatic heterocycles. The molecule has 1 heterocycles. The molecular weight excluding hydrogens is 294 g/mol. The molecule has 1 saturated heterocycles. The quantitative estimate of drug-likeness (QED) is 0.857. The Morgan fingerprint density at radius 3 is 2.62 bits per heavy atom. The van der Waals surface area contributed by atoms with Crippen molar-refractivity contribution in [2.45, 2.75) is 12.5 Å². The number of thioether (sulfide) groups is 1. The monoisotopic (exact) mass is 311 g/mol. The number of carboxylic acid groups (broad SMARTS) is 1. The van der Waals surface area contributed by atoms with E-state index in [1.54, 1.807) is 31.4 Å². The zero-order valence-electron chi connectivity index (χ0n) is 11.7. The SMILES string of the molecule is COc1ccc(OCCC(=O)N2CSCC2C(=O)O)cc1. The van der Waals surface area contributed by atoms with Crippen LogP contribution < -0.4 is 9.47 Å². The summed E-state index contributed by atoms with van der Waals surface area (Å²) in [5.74, 6) is 1.11. The molecule has 0 aliphatic carbocycles. The van der Waals surface area contributed by atoms with Crippen molar-refractivity contribution in [2.75, 3.05) is 25.3 Å². The number of hydrogen-bond donors (Lipinski definition) is 1. The maximum absolute atomic E-state index is 12.0. The normalized spacial score (nSPS) is 17.6. The van der Waals surface area contributed by atoms with Crippen LogP contribution >= 0.6 is 11.8 Å². The van der Waals surface area contributed by atoms with E-state index in [1.807, 2.05) is 0 Å². The first-order valence-corrected chi connectivity index (χ1v) is 7.64. The van der Waals surface area contributed by atoms with Crippen LogP contribution in [-0.4, -0.2) is 53.3 Å². The van der Waals surface area contributed by atoms with Crippen molar-refractivity contribution in [3.63, 3.8) is 0 Å². The van der Waals surface area contributed by atoms with Crippen LogP contribution in [0.15, 0.2) is 24.3 Å². The summed E-state index contributed by atoms with van der Waals surface area (Å²) in [6, 6.07) is 6.34. The Morgan fingerprint density at radius 2 is 2.00 bits per heavy atom. The van der Waals surface area contributed by atoms with Gasteiger partial charge in [0.25, 0.3) is 0 Å². The molecule has 0 spiro atoms. The van der Waals surface area contributed by atoms with Gasteiger partial charge in [-0.2, -0.15) is 0 Å². The van der Waals surface area contributed by atoms with Crippen LogP contribution in [0.25, 0.3) is 0 Å². The summed E-state index contributed by atoms with van der Waals surface area (Å²) >= 11 is 1.45. The lowest BCUT2D eigenvalue weighted by Gasteiger charge is -2.20. The number of nitrogens with zero attached hydrogens (tertiary/aromatic N) is 1. The summed E-state index contributed by atoms with van der Waals surface area (Å²) in [7, 11) is 1.58. The highest BCUT2D eigenvalue weighted by molar-refractivity contribution is 7.99. The number of rotatable bonds is 6. The second kappa shape index (κ2) is 7.21. The summed E-state index contributed by atoms with van der Waals surface area (Å²) < 4.78 is 10.5. The number of benzene rings is 1. The molecule has 1 fully saturated rings. The highest BCUT2D eigenvalue weighted by atomic mass is 32.2. The second-order valence-electron chi connectivity index (χ2n) is 4.49. The van der Waals surface area contributed by atoms with Crippen molar-refractivity contribution in [3.8, 4) is 11.5 Å². The van der Waals surface area contributed by atoms with E-state index < -0.39 is 12.0 Å². The fourth-order valence-electron chi connectivity index (χ4n) is 1.96. The van der Waals surface area contributed by atoms with E-state index in [-0.39, 0.29) is 18.9 Å². The van der Waals surface area contributed by atoms with Crippen molar-refractivity contribution in [3.05, 3.63) is 24.3 Å². The Balaban J connectivity index is 1.79. The Bertz CT molecular complexity index is 505. The first kappa shape index (κ1) is 15.5. The summed E-state index contributed by atoms with van der Waals surface area (Å²) in [6.07, 6.45) is 0.163. The summed E-state index contributed by atoms with van der Waals surface area (Å²) in [5.41, 5.74) is 0. The maximum Gasteiger partial charge on any atom is 0.327 e. The third kappa shape index (κ3) is 4.04. The zero-order valence-corrected chi connectivity index (χ0v) is 12.5. The van der Waals surface area contributed by atoms with Crippen molar-refractivity contribution < 1.29 is 24.2 Å². The number of aliphatic carboxylic acids is 1. The van der Waals surface area contributed by atoms with E-state index in [2.05, 4.69) is 0 Å². The van der Waals surface area contributed by atoms with Gasteiger partial charge in [0, 0.05) is 5.75 Å². The minimum Gasteiger partial charge on any atom is -0.497 e. The number of methoxy groups -OCH3 is 1. The lowest BCUT2D eigenvalue weighted by Crippen LogP contribution is -2.42. The van der Waals surface area contributed by atoms with Gasteiger partial charge < -0.3 is 19.5 Å². The molecule has 1 aliphatic rings. The molecule has 1 aromatic carbocycles. The molecule has 0 saturated carbocycles. The van der Waals surface area contributed by atoms with Gasteiger partial charge in [0.2, 0.25) is 5.91 Å². The Labute approximate surface area is 127 Å². The van der Waals surface area contributed by atoms with Gasteiger partial charge in [0.1, 0.15) is 17.5 Å². The predicted molar refractivity (Wildman–Crippen MR) is 78.7 cm³/mol. The largest absolute Gasteiger partial charge is 0.497 e. The molecule has 7 heteroatoms. The second-order valence-corrected chi connectivity index (χ2v) is 5.49. The number of ether oxygens (including phenoxy) is 2. The minimum atomic E-state index is -0.954. The van der Waals surface area contributed by atoms with Crippen LogP contribution in [0.4, 0.5) is 0 Å². The lowest BCUT2D eigenvalue weighted by molar-refractivity contribution is -0.147. The number of hydrogen-bond acceptors (Lipinski definition) is 5. The average Bonchev–Trinajstić information content (AvgIpc) is 2.97. The van der Waals surface area contributed by atoms with E-state index in [4.69, 9.17) is 14.6 Å². The molecule has 1 N–H and O–H groups in total. The molecule has 0 radical (unpaired) electrons. The van der Waals surface area contributed by atoms with Crippen LogP contribution in [0.2, 0.25) is 0 Å². The van der Waals surface area contributed by atoms with Gasteiger partial charge in [-0.05, 0) is 24.3 Å². The van der Waals surface area contributed by atoms with Crippen molar-refractivity contribution >= 4 is 23.6 Å². The predicted octanol–water partition coefficient (Wildman–Crippen LogP) is 1.45. The molecule has 1 atom stereocenters. The Hall–Kier alpha value is -1.89. The first-order chi connectivity index (χ1) is 10.1. The van der Waals surface area contributed by atoms with Crippen LogP contribution in [0.5, 0.6) is 11.5 Å². The van der Waals surface area contributed by atoms with E-state index in [0.29, 0.717) is 17.4 Å². The van der Waals surface area contributed by atoms with Gasteiger partial charge in [-0.3, -0.25) is 4.79 Å². The number of carboxylic acids is 1. The molecule has 0 bridgehead atoms. The fraction of sp³-hybridized carbons (Fsp3) is 0.429. The standard InChI is InChI=1S/C14H17NO5S/c1-19-10-2-4-11(5-3-10)20-7-6-13(16)15-9-21-8-12(15)14(17)18/h2-5,12H,6-9H2,1H3,(H,17,18). The van der Waals surface area contributed by atoms with Gasteiger partial charge in [0.05, 0.1) is 26.0 Å². The molecule has 6 nitrogen and oxygen atoms in total. The van der Waals surface area contributed by atoms with Gasteiger partial charge in [-0.1, -0.05) is 0 Å². The first-order valence-electron chi connectivity index (χ1n) is 6.48. The third-order valence-corrected chi connectivity index (χ3v) is 4.14.